The number of anilines is 2. The number of rotatable bonds is 7. The molecule has 0 spiro atoms. The SMILES string of the molecule is COc1cc(OC)cc(N(CCBr)c2ccc3ncc(-c4cnn(C)c4)cc3n2)c1. The smallest absolute Gasteiger partial charge is 0.133 e. The van der Waals surface area contributed by atoms with Crippen LogP contribution < -0.4 is 14.4 Å². The molecule has 30 heavy (non-hydrogen) atoms. The maximum absolute atomic E-state index is 5.44. The molecule has 3 heterocycles. The van der Waals surface area contributed by atoms with Gasteiger partial charge in [-0.2, -0.15) is 5.10 Å². The van der Waals surface area contributed by atoms with Gasteiger partial charge in [0.2, 0.25) is 0 Å². The van der Waals surface area contributed by atoms with Crippen molar-refractivity contribution in [3.05, 3.63) is 55.0 Å². The van der Waals surface area contributed by atoms with E-state index < -0.39 is 0 Å². The fourth-order valence-electron chi connectivity index (χ4n) is 3.28. The Labute approximate surface area is 183 Å². The van der Waals surface area contributed by atoms with E-state index in [-0.39, 0.29) is 0 Å². The molecule has 1 aromatic carbocycles. The molecule has 4 aromatic rings. The fraction of sp³-hybridized carbons (Fsp3) is 0.227. The molecule has 0 fully saturated rings. The van der Waals surface area contributed by atoms with Crippen LogP contribution in [0.4, 0.5) is 11.5 Å². The lowest BCUT2D eigenvalue weighted by Crippen LogP contribution is -2.20. The Balaban J connectivity index is 1.78. The average molecular weight is 468 g/mol. The zero-order chi connectivity index (χ0) is 21.1. The number of halogens is 1. The molecule has 0 atom stereocenters. The first-order chi connectivity index (χ1) is 14.6. The van der Waals surface area contributed by atoms with Gasteiger partial charge in [0, 0.05) is 66.3 Å². The van der Waals surface area contributed by atoms with Gasteiger partial charge in [0.25, 0.3) is 0 Å². The second-order valence-corrected chi connectivity index (χ2v) is 7.54. The Morgan fingerprint density at radius 3 is 2.37 bits per heavy atom. The van der Waals surface area contributed by atoms with E-state index in [2.05, 4.69) is 30.9 Å². The molecule has 4 rings (SSSR count). The van der Waals surface area contributed by atoms with Crippen LogP contribution in [-0.4, -0.2) is 45.8 Å². The Morgan fingerprint density at radius 1 is 0.967 bits per heavy atom. The van der Waals surface area contributed by atoms with Gasteiger partial charge in [-0.15, -0.1) is 0 Å². The number of ether oxygens (including phenoxy) is 2. The second-order valence-electron chi connectivity index (χ2n) is 6.75. The first kappa shape index (κ1) is 20.2. The van der Waals surface area contributed by atoms with E-state index >= 15 is 0 Å². The van der Waals surface area contributed by atoms with Crippen LogP contribution in [0.2, 0.25) is 0 Å². The van der Waals surface area contributed by atoms with Gasteiger partial charge in [0.1, 0.15) is 17.3 Å². The van der Waals surface area contributed by atoms with Crippen LogP contribution in [0.1, 0.15) is 0 Å². The van der Waals surface area contributed by atoms with Gasteiger partial charge in [-0.25, -0.2) is 4.98 Å². The van der Waals surface area contributed by atoms with Crippen LogP contribution in [0, 0.1) is 0 Å². The zero-order valence-corrected chi connectivity index (χ0v) is 18.6. The molecule has 0 aliphatic rings. The summed E-state index contributed by atoms with van der Waals surface area (Å²) in [6, 6.07) is 11.8. The molecule has 7 nitrogen and oxygen atoms in total. The number of hydrogen-bond donors (Lipinski definition) is 0. The highest BCUT2D eigenvalue weighted by Gasteiger charge is 2.14. The van der Waals surface area contributed by atoms with Crippen molar-refractivity contribution < 1.29 is 9.47 Å². The number of alkyl halides is 1. The van der Waals surface area contributed by atoms with Gasteiger partial charge >= 0.3 is 0 Å². The summed E-state index contributed by atoms with van der Waals surface area (Å²) in [5, 5.41) is 5.02. The Hall–Kier alpha value is -3.13. The molecular weight excluding hydrogens is 446 g/mol. The third kappa shape index (κ3) is 4.09. The van der Waals surface area contributed by atoms with E-state index in [0.717, 1.165) is 57.0 Å². The molecule has 3 aromatic heterocycles. The number of pyridine rings is 2. The highest BCUT2D eigenvalue weighted by Crippen LogP contribution is 2.33. The molecule has 0 aliphatic carbocycles. The van der Waals surface area contributed by atoms with Crippen LogP contribution in [0.25, 0.3) is 22.2 Å². The summed E-state index contributed by atoms with van der Waals surface area (Å²) in [5.74, 6) is 2.28. The van der Waals surface area contributed by atoms with E-state index in [1.165, 1.54) is 0 Å². The van der Waals surface area contributed by atoms with Crippen molar-refractivity contribution in [2.24, 2.45) is 7.05 Å². The Morgan fingerprint density at radius 2 is 1.73 bits per heavy atom. The number of benzene rings is 1. The first-order valence-corrected chi connectivity index (χ1v) is 10.6. The molecule has 0 bridgehead atoms. The lowest BCUT2D eigenvalue weighted by Gasteiger charge is -2.24. The van der Waals surface area contributed by atoms with Crippen LogP contribution in [0.15, 0.2) is 55.0 Å². The second kappa shape index (κ2) is 8.71. The minimum atomic E-state index is 0.727. The minimum Gasteiger partial charge on any atom is -0.497 e. The van der Waals surface area contributed by atoms with E-state index in [0.29, 0.717) is 0 Å². The fourth-order valence-corrected chi connectivity index (χ4v) is 3.64. The van der Waals surface area contributed by atoms with Crippen LogP contribution in [0.3, 0.4) is 0 Å². The average Bonchev–Trinajstić information content (AvgIpc) is 3.22. The summed E-state index contributed by atoms with van der Waals surface area (Å²) < 4.78 is 12.7. The molecular formula is C22H22BrN5O2. The van der Waals surface area contributed by atoms with Crippen LogP contribution >= 0.6 is 15.9 Å². The molecule has 0 unspecified atom stereocenters. The van der Waals surface area contributed by atoms with Crippen molar-refractivity contribution in [2.75, 3.05) is 31.0 Å². The van der Waals surface area contributed by atoms with Crippen LogP contribution in [0.5, 0.6) is 11.5 Å². The lowest BCUT2D eigenvalue weighted by molar-refractivity contribution is 0.394. The van der Waals surface area contributed by atoms with Gasteiger partial charge in [0.15, 0.2) is 0 Å². The van der Waals surface area contributed by atoms with E-state index in [4.69, 9.17) is 14.5 Å². The number of methoxy groups -OCH3 is 2. The van der Waals surface area contributed by atoms with Crippen molar-refractivity contribution in [3.63, 3.8) is 0 Å². The number of hydrogen-bond acceptors (Lipinski definition) is 6. The zero-order valence-electron chi connectivity index (χ0n) is 17.0. The van der Waals surface area contributed by atoms with E-state index in [9.17, 15) is 0 Å². The third-order valence-electron chi connectivity index (χ3n) is 4.79. The number of nitrogens with zero attached hydrogens (tertiary/aromatic N) is 5. The van der Waals surface area contributed by atoms with E-state index in [1.54, 1.807) is 18.9 Å². The van der Waals surface area contributed by atoms with Gasteiger partial charge < -0.3 is 14.4 Å². The van der Waals surface area contributed by atoms with Crippen molar-refractivity contribution in [1.82, 2.24) is 19.7 Å². The van der Waals surface area contributed by atoms with Crippen molar-refractivity contribution >= 4 is 38.5 Å². The molecule has 0 radical (unpaired) electrons. The predicted octanol–water partition coefficient (Wildman–Crippen LogP) is 4.58. The standard InChI is InChI=1S/C22H22BrN5O2/c1-27-14-16(13-25-27)15-8-21-20(24-12-15)4-5-22(26-21)28(7-6-23)17-9-18(29-2)11-19(10-17)30-3/h4-5,8-14H,6-7H2,1-3H3. The monoisotopic (exact) mass is 467 g/mol. The first-order valence-electron chi connectivity index (χ1n) is 9.43. The van der Waals surface area contributed by atoms with Gasteiger partial charge in [-0.1, -0.05) is 15.9 Å². The van der Waals surface area contributed by atoms with Gasteiger partial charge in [0.05, 0.1) is 31.4 Å². The highest BCUT2D eigenvalue weighted by molar-refractivity contribution is 9.09. The number of aromatic nitrogens is 4. The largest absolute Gasteiger partial charge is 0.497 e. The third-order valence-corrected chi connectivity index (χ3v) is 5.15. The predicted molar refractivity (Wildman–Crippen MR) is 122 cm³/mol. The molecule has 154 valence electrons. The minimum absolute atomic E-state index is 0.727. The topological polar surface area (TPSA) is 65.3 Å². The molecule has 0 saturated carbocycles. The summed E-state index contributed by atoms with van der Waals surface area (Å²) >= 11 is 3.56. The molecule has 0 N–H and O–H groups in total. The van der Waals surface area contributed by atoms with Crippen LogP contribution in [-0.2, 0) is 7.05 Å². The summed E-state index contributed by atoms with van der Waals surface area (Å²) in [6.07, 6.45) is 5.64. The quantitative estimate of drug-likeness (QED) is 0.370. The number of aryl methyl sites for hydroxylation is 1. The maximum atomic E-state index is 5.44. The Kier molecular flexibility index (Phi) is 5.85. The maximum Gasteiger partial charge on any atom is 0.133 e. The Bertz CT molecular complexity index is 1160. The van der Waals surface area contributed by atoms with Gasteiger partial charge in [-0.3, -0.25) is 9.67 Å². The summed E-state index contributed by atoms with van der Waals surface area (Å²) in [5.41, 5.74) is 4.59. The summed E-state index contributed by atoms with van der Waals surface area (Å²) in [7, 11) is 5.19. The molecule has 0 amide bonds. The molecule has 0 saturated heterocycles. The number of fused-ring (bicyclic) bond motifs is 1. The van der Waals surface area contributed by atoms with Crippen molar-refractivity contribution in [3.8, 4) is 22.6 Å². The molecule has 0 aliphatic heterocycles. The summed E-state index contributed by atoms with van der Waals surface area (Å²) in [6.45, 7) is 0.727. The highest BCUT2D eigenvalue weighted by atomic mass is 79.9. The normalized spacial score (nSPS) is 10.9. The van der Waals surface area contributed by atoms with Crippen molar-refractivity contribution in [1.29, 1.82) is 0 Å². The van der Waals surface area contributed by atoms with Crippen molar-refractivity contribution in [2.45, 2.75) is 0 Å². The van der Waals surface area contributed by atoms with E-state index in [1.807, 2.05) is 62.0 Å². The lowest BCUT2D eigenvalue weighted by atomic mass is 10.1. The van der Waals surface area contributed by atoms with Gasteiger partial charge in [-0.05, 0) is 18.2 Å². The summed E-state index contributed by atoms with van der Waals surface area (Å²) in [4.78, 5) is 11.6. The molecule has 8 heteroatoms.